The first-order chi connectivity index (χ1) is 24.2. The molecular weight excluding hydrogens is 674 g/mol. The highest BCUT2D eigenvalue weighted by Gasteiger charge is 2.44. The Balaban J connectivity index is 1.35. The van der Waals surface area contributed by atoms with E-state index >= 15 is 0 Å². The number of amides is 1. The lowest BCUT2D eigenvalue weighted by atomic mass is 9.65. The molecule has 3 heterocycles. The lowest BCUT2D eigenvalue weighted by molar-refractivity contribution is -0.240. The number of aryl methyl sites for hydroxylation is 1. The summed E-state index contributed by atoms with van der Waals surface area (Å²) >= 11 is 6.48. The van der Waals surface area contributed by atoms with Crippen LogP contribution in [0.15, 0.2) is 36.4 Å². The number of ether oxygens (including phenoxy) is 4. The Labute approximate surface area is 306 Å². The largest absolute Gasteiger partial charge is 0.491 e. The molecule has 1 saturated heterocycles. The highest BCUT2D eigenvalue weighted by atomic mass is 35.5. The second-order valence-corrected chi connectivity index (χ2v) is 17.0. The molecule has 7 atom stereocenters. The summed E-state index contributed by atoms with van der Waals surface area (Å²) in [6.07, 6.45) is 6.83. The van der Waals surface area contributed by atoms with Crippen LogP contribution in [0, 0.1) is 23.7 Å². The zero-order chi connectivity index (χ0) is 35.4. The van der Waals surface area contributed by atoms with E-state index in [4.69, 9.17) is 30.5 Å². The van der Waals surface area contributed by atoms with Gasteiger partial charge in [-0.15, -0.1) is 0 Å². The third-order valence-electron chi connectivity index (χ3n) is 11.6. The number of carbonyl (C=O) groups is 1. The molecule has 1 amide bonds. The molecule has 1 N–H and O–H groups in total. The monoisotopic (exact) mass is 729 g/mol. The first kappa shape index (κ1) is 37.5. The summed E-state index contributed by atoms with van der Waals surface area (Å²) in [7, 11) is 4.16. The van der Waals surface area contributed by atoms with Crippen molar-refractivity contribution >= 4 is 34.2 Å². The van der Waals surface area contributed by atoms with Gasteiger partial charge in [-0.25, -0.2) is 4.21 Å². The van der Waals surface area contributed by atoms with Gasteiger partial charge >= 0.3 is 0 Å². The molecule has 6 rings (SSSR count). The third-order valence-corrected chi connectivity index (χ3v) is 13.4. The minimum absolute atomic E-state index is 0.0893. The molecule has 2 aromatic carbocycles. The molecular formula is C39H56ClN3O6S. The molecule has 11 heteroatoms. The van der Waals surface area contributed by atoms with Crippen LogP contribution in [-0.2, 0) is 31.6 Å². The zero-order valence-electron chi connectivity index (χ0n) is 30.4. The Morgan fingerprint density at radius 2 is 1.82 bits per heavy atom. The minimum atomic E-state index is -1.62. The number of nitrogens with zero attached hydrogens (tertiary/aromatic N) is 2. The van der Waals surface area contributed by atoms with Gasteiger partial charge in [0.1, 0.15) is 16.7 Å². The lowest BCUT2D eigenvalue weighted by Gasteiger charge is -2.48. The summed E-state index contributed by atoms with van der Waals surface area (Å²) in [6, 6.07) is 12.1. The standard InChI is InChI=1S/C39H56ClN3O6S/c1-6-8-26-17-30(40)13-15-32(26)29-20-43-19-28-11-14-33(28)34(39-48-22-31(23-49-39)42(3)4)10-7-9-25(2)37(24-46-5)50(45)41-38(44)27-12-16-36(47-21-29)35(43)18-27/h12-13,15-18,25,28-29,31,33-34,37,39H,6-11,14,19-24H2,1-5H3,(H,41,44). The van der Waals surface area contributed by atoms with E-state index in [0.29, 0.717) is 43.8 Å². The fraction of sp³-hybridized carbons (Fsp3) is 0.667. The number of halogens is 1. The van der Waals surface area contributed by atoms with E-state index in [2.05, 4.69) is 54.6 Å². The van der Waals surface area contributed by atoms with Crippen molar-refractivity contribution in [1.82, 2.24) is 9.62 Å². The van der Waals surface area contributed by atoms with E-state index < -0.39 is 11.0 Å². The van der Waals surface area contributed by atoms with E-state index in [-0.39, 0.29) is 41.2 Å². The zero-order valence-corrected chi connectivity index (χ0v) is 32.0. The summed E-state index contributed by atoms with van der Waals surface area (Å²) < 4.78 is 41.6. The van der Waals surface area contributed by atoms with Crippen molar-refractivity contribution < 1.29 is 28.0 Å². The highest BCUT2D eigenvalue weighted by Crippen LogP contribution is 2.47. The summed E-state index contributed by atoms with van der Waals surface area (Å²) in [6.45, 7) is 8.08. The predicted molar refractivity (Wildman–Crippen MR) is 199 cm³/mol. The Morgan fingerprint density at radius 1 is 1.02 bits per heavy atom. The van der Waals surface area contributed by atoms with Gasteiger partial charge in [0.15, 0.2) is 6.29 Å². The summed E-state index contributed by atoms with van der Waals surface area (Å²) in [5, 5.41) is 0.426. The van der Waals surface area contributed by atoms with Gasteiger partial charge in [0.05, 0.1) is 43.4 Å². The van der Waals surface area contributed by atoms with Crippen LogP contribution in [0.3, 0.4) is 0 Å². The molecule has 1 aliphatic carbocycles. The van der Waals surface area contributed by atoms with Crippen molar-refractivity contribution in [2.24, 2.45) is 23.7 Å². The van der Waals surface area contributed by atoms with Crippen molar-refractivity contribution in [1.29, 1.82) is 0 Å². The second-order valence-electron chi connectivity index (χ2n) is 15.1. The molecule has 50 heavy (non-hydrogen) atoms. The van der Waals surface area contributed by atoms with Crippen LogP contribution in [0.2, 0.25) is 5.02 Å². The van der Waals surface area contributed by atoms with E-state index in [1.807, 2.05) is 18.2 Å². The molecule has 4 aliphatic rings. The number of hydrogen-bond donors (Lipinski definition) is 1. The van der Waals surface area contributed by atoms with Crippen molar-refractivity contribution in [2.75, 3.05) is 65.6 Å². The van der Waals surface area contributed by atoms with E-state index in [9.17, 15) is 9.00 Å². The van der Waals surface area contributed by atoms with Crippen molar-refractivity contribution in [3.8, 4) is 5.75 Å². The topological polar surface area (TPSA) is 89.6 Å². The van der Waals surface area contributed by atoms with Crippen LogP contribution in [-0.4, -0.2) is 93.3 Å². The Kier molecular flexibility index (Phi) is 12.8. The number of methoxy groups -OCH3 is 1. The molecule has 7 unspecified atom stereocenters. The van der Waals surface area contributed by atoms with E-state index in [1.54, 1.807) is 13.2 Å². The highest BCUT2D eigenvalue weighted by molar-refractivity contribution is 7.84. The number of nitrogens with one attached hydrogen (secondary N) is 1. The number of fused-ring (bicyclic) bond motifs is 2. The van der Waals surface area contributed by atoms with Gasteiger partial charge in [-0.05, 0) is 105 Å². The summed E-state index contributed by atoms with van der Waals surface area (Å²) in [5.41, 5.74) is 3.92. The smallest absolute Gasteiger partial charge is 0.263 e. The molecule has 276 valence electrons. The Morgan fingerprint density at radius 3 is 2.52 bits per heavy atom. The maximum absolute atomic E-state index is 13.7. The van der Waals surface area contributed by atoms with Gasteiger partial charge in [0.25, 0.3) is 5.91 Å². The lowest BCUT2D eigenvalue weighted by Crippen LogP contribution is -2.51. The second kappa shape index (κ2) is 17.1. The average molecular weight is 730 g/mol. The third kappa shape index (κ3) is 8.53. The van der Waals surface area contributed by atoms with Crippen molar-refractivity contribution in [3.63, 3.8) is 0 Å². The van der Waals surface area contributed by atoms with E-state index in [1.165, 1.54) is 11.1 Å². The SMILES string of the molecule is CCCc1cc(Cl)ccc1C1COc2ccc3cc2N(C1)CC1CCC1C(C1OCC(N(C)C)CO1)CCCC(C)C(COC)S(=O)NC3=O. The van der Waals surface area contributed by atoms with Crippen molar-refractivity contribution in [3.05, 3.63) is 58.1 Å². The molecule has 2 bridgehead atoms. The van der Waals surface area contributed by atoms with Gasteiger partial charge in [-0.2, -0.15) is 0 Å². The normalized spacial score (nSPS) is 32.3. The van der Waals surface area contributed by atoms with Gasteiger partial charge < -0.3 is 28.7 Å². The molecule has 3 aliphatic heterocycles. The van der Waals surface area contributed by atoms with Crippen LogP contribution in [0.1, 0.15) is 79.8 Å². The minimum Gasteiger partial charge on any atom is -0.491 e. The molecule has 2 aromatic rings. The number of carbonyl (C=O) groups excluding carboxylic acids is 1. The molecule has 2 fully saturated rings. The Hall–Kier alpha value is -2.21. The first-order valence-electron chi connectivity index (χ1n) is 18.6. The molecule has 0 radical (unpaired) electrons. The number of hydrogen-bond acceptors (Lipinski definition) is 8. The maximum atomic E-state index is 13.7. The maximum Gasteiger partial charge on any atom is 0.263 e. The van der Waals surface area contributed by atoms with E-state index in [0.717, 1.165) is 74.5 Å². The number of benzene rings is 2. The number of anilines is 1. The van der Waals surface area contributed by atoms with Crippen molar-refractivity contribution in [2.45, 2.75) is 82.3 Å². The molecule has 9 nitrogen and oxygen atoms in total. The van der Waals surface area contributed by atoms with Gasteiger partial charge in [-0.1, -0.05) is 44.4 Å². The fourth-order valence-electron chi connectivity index (χ4n) is 8.42. The van der Waals surface area contributed by atoms with Crippen LogP contribution in [0.5, 0.6) is 5.75 Å². The summed E-state index contributed by atoms with van der Waals surface area (Å²) in [5.74, 6) is 1.79. The van der Waals surface area contributed by atoms with Gasteiger partial charge in [0.2, 0.25) is 0 Å². The van der Waals surface area contributed by atoms with Crippen LogP contribution < -0.4 is 14.4 Å². The van der Waals surface area contributed by atoms with Gasteiger partial charge in [-0.3, -0.25) is 9.52 Å². The molecule has 1 saturated carbocycles. The molecule has 0 spiro atoms. The fourth-order valence-corrected chi connectivity index (χ4v) is 9.88. The van der Waals surface area contributed by atoms with Crippen LogP contribution in [0.4, 0.5) is 5.69 Å². The molecule has 0 aromatic heterocycles. The average Bonchev–Trinajstić information content (AvgIpc) is 3.27. The number of likely N-dealkylation sites (N-methyl/N-ethyl adjacent to an activating group) is 1. The van der Waals surface area contributed by atoms with Crippen LogP contribution >= 0.6 is 11.6 Å². The van der Waals surface area contributed by atoms with Crippen LogP contribution in [0.25, 0.3) is 0 Å². The quantitative estimate of drug-likeness (QED) is 0.348. The Bertz CT molecular complexity index is 1490. The van der Waals surface area contributed by atoms with Gasteiger partial charge in [0, 0.05) is 42.6 Å². The number of rotatable bonds is 7. The summed E-state index contributed by atoms with van der Waals surface area (Å²) in [4.78, 5) is 18.3. The first-order valence-corrected chi connectivity index (χ1v) is 20.2. The predicted octanol–water partition coefficient (Wildman–Crippen LogP) is 6.45.